The predicted octanol–water partition coefficient (Wildman–Crippen LogP) is 1.04. The van der Waals surface area contributed by atoms with Gasteiger partial charge in [-0.15, -0.1) is 0 Å². The van der Waals surface area contributed by atoms with Crippen molar-refractivity contribution in [2.45, 2.75) is 19.6 Å². The number of aromatic nitrogens is 2. The average Bonchev–Trinajstić information content (AvgIpc) is 2.06. The number of aliphatic hydroxyl groups is 1. The molecule has 0 bridgehead atoms. The molecule has 0 aromatic carbocycles. The van der Waals surface area contributed by atoms with E-state index < -0.39 is 6.10 Å². The highest BCUT2D eigenvalue weighted by Gasteiger charge is 2.07. The van der Waals surface area contributed by atoms with Crippen molar-refractivity contribution >= 4 is 27.5 Å². The van der Waals surface area contributed by atoms with Crippen LogP contribution in [0.2, 0.25) is 5.15 Å². The third kappa shape index (κ3) is 2.52. The first-order valence-corrected chi connectivity index (χ1v) is 4.78. The van der Waals surface area contributed by atoms with Crippen molar-refractivity contribution in [2.75, 3.05) is 0 Å². The summed E-state index contributed by atoms with van der Waals surface area (Å²) >= 11 is 8.60. The zero-order valence-electron chi connectivity index (χ0n) is 6.87. The third-order valence-corrected chi connectivity index (χ3v) is 2.63. The third-order valence-electron chi connectivity index (χ3n) is 1.40. The molecule has 1 heterocycles. The van der Waals surface area contributed by atoms with Crippen LogP contribution in [0.1, 0.15) is 6.92 Å². The lowest BCUT2D eigenvalue weighted by Crippen LogP contribution is -2.26. The van der Waals surface area contributed by atoms with Crippen molar-refractivity contribution in [2.24, 2.45) is 0 Å². The van der Waals surface area contributed by atoms with Gasteiger partial charge in [-0.05, 0) is 22.9 Å². The molecule has 0 saturated carbocycles. The summed E-state index contributed by atoms with van der Waals surface area (Å²) in [6, 6.07) is 0. The zero-order chi connectivity index (χ0) is 10.0. The van der Waals surface area contributed by atoms with Crippen LogP contribution in [0.15, 0.2) is 15.6 Å². The Morgan fingerprint density at radius 3 is 3.00 bits per heavy atom. The summed E-state index contributed by atoms with van der Waals surface area (Å²) in [5.74, 6) is 0. The highest BCUT2D eigenvalue weighted by Crippen LogP contribution is 2.13. The van der Waals surface area contributed by atoms with Gasteiger partial charge in [-0.2, -0.15) is 0 Å². The Bertz CT molecular complexity index is 364. The monoisotopic (exact) mass is 266 g/mol. The molecule has 0 aliphatic carbocycles. The van der Waals surface area contributed by atoms with E-state index in [9.17, 15) is 4.79 Å². The maximum Gasteiger partial charge on any atom is 0.269 e. The largest absolute Gasteiger partial charge is 0.392 e. The van der Waals surface area contributed by atoms with E-state index in [2.05, 4.69) is 20.9 Å². The summed E-state index contributed by atoms with van der Waals surface area (Å²) in [5.41, 5.74) is -0.291. The van der Waals surface area contributed by atoms with E-state index in [0.29, 0.717) is 0 Å². The first-order valence-electron chi connectivity index (χ1n) is 3.61. The summed E-state index contributed by atoms with van der Waals surface area (Å²) in [4.78, 5) is 15.2. The van der Waals surface area contributed by atoms with Crippen LogP contribution in [0, 0.1) is 0 Å². The molecule has 0 spiro atoms. The minimum atomic E-state index is -0.590. The van der Waals surface area contributed by atoms with Crippen LogP contribution in [0.3, 0.4) is 0 Å². The first-order chi connectivity index (χ1) is 6.02. The summed E-state index contributed by atoms with van der Waals surface area (Å²) < 4.78 is 1.51. The van der Waals surface area contributed by atoms with Gasteiger partial charge in [0.2, 0.25) is 0 Å². The number of rotatable bonds is 2. The van der Waals surface area contributed by atoms with Crippen molar-refractivity contribution in [3.63, 3.8) is 0 Å². The van der Waals surface area contributed by atoms with Gasteiger partial charge in [0.05, 0.1) is 19.0 Å². The van der Waals surface area contributed by atoms with Gasteiger partial charge in [0.25, 0.3) is 5.56 Å². The Kier molecular flexibility index (Phi) is 3.47. The molecule has 0 fully saturated rings. The molecule has 1 N–H and O–H groups in total. The second kappa shape index (κ2) is 4.21. The van der Waals surface area contributed by atoms with E-state index in [0.717, 1.165) is 0 Å². The number of hydrogen-bond acceptors (Lipinski definition) is 3. The molecule has 13 heavy (non-hydrogen) atoms. The maximum absolute atomic E-state index is 11.4. The van der Waals surface area contributed by atoms with Gasteiger partial charge >= 0.3 is 0 Å². The van der Waals surface area contributed by atoms with Crippen molar-refractivity contribution in [3.8, 4) is 0 Å². The summed E-state index contributed by atoms with van der Waals surface area (Å²) in [6.45, 7) is 1.80. The summed E-state index contributed by atoms with van der Waals surface area (Å²) in [7, 11) is 0. The molecule has 4 nitrogen and oxygen atoms in total. The van der Waals surface area contributed by atoms with Crippen LogP contribution in [0.5, 0.6) is 0 Å². The van der Waals surface area contributed by atoms with Crippen LogP contribution in [-0.2, 0) is 6.54 Å². The van der Waals surface area contributed by atoms with Crippen LogP contribution in [-0.4, -0.2) is 20.8 Å². The lowest BCUT2D eigenvalue weighted by Gasteiger charge is -2.07. The van der Waals surface area contributed by atoms with E-state index in [1.54, 1.807) is 6.92 Å². The van der Waals surface area contributed by atoms with Gasteiger partial charge in [-0.3, -0.25) is 9.36 Å². The molecule has 0 amide bonds. The standard InChI is InChI=1S/C7H8BrClN2O2/c1-4(12)2-11-3-10-6(9)5(8)7(11)13/h3-4,12H,2H2,1H3. The van der Waals surface area contributed by atoms with Crippen molar-refractivity contribution in [1.82, 2.24) is 9.55 Å². The predicted molar refractivity (Wildman–Crippen MR) is 52.9 cm³/mol. The molecule has 0 aliphatic heterocycles. The Balaban J connectivity index is 3.12. The Hall–Kier alpha value is -0.390. The molecule has 1 atom stereocenters. The fourth-order valence-corrected chi connectivity index (χ4v) is 1.31. The molecule has 0 radical (unpaired) electrons. The SMILES string of the molecule is CC(O)Cn1cnc(Cl)c(Br)c1=O. The van der Waals surface area contributed by atoms with Gasteiger partial charge in [0.15, 0.2) is 5.15 Å². The van der Waals surface area contributed by atoms with E-state index in [1.807, 2.05) is 0 Å². The summed E-state index contributed by atoms with van der Waals surface area (Å²) in [5, 5.41) is 9.19. The number of aliphatic hydroxyl groups excluding tert-OH is 1. The second-order valence-electron chi connectivity index (χ2n) is 2.66. The van der Waals surface area contributed by atoms with Crippen molar-refractivity contribution in [3.05, 3.63) is 26.3 Å². The molecule has 1 aromatic rings. The van der Waals surface area contributed by atoms with E-state index >= 15 is 0 Å². The minimum Gasteiger partial charge on any atom is -0.392 e. The van der Waals surface area contributed by atoms with E-state index in [-0.39, 0.29) is 21.7 Å². The molecule has 1 unspecified atom stereocenters. The Labute approximate surface area is 88.3 Å². The van der Waals surface area contributed by atoms with Gasteiger partial charge in [-0.1, -0.05) is 11.6 Å². The zero-order valence-corrected chi connectivity index (χ0v) is 9.21. The Morgan fingerprint density at radius 1 is 1.85 bits per heavy atom. The quantitative estimate of drug-likeness (QED) is 0.815. The molecule has 6 heteroatoms. The topological polar surface area (TPSA) is 55.1 Å². The number of halogens is 2. The normalized spacial score (nSPS) is 12.9. The van der Waals surface area contributed by atoms with E-state index in [1.165, 1.54) is 10.9 Å². The molecule has 1 aromatic heterocycles. The van der Waals surface area contributed by atoms with Gasteiger partial charge in [0, 0.05) is 0 Å². The molecule has 0 aliphatic rings. The first kappa shape index (κ1) is 10.7. The molecule has 72 valence electrons. The Morgan fingerprint density at radius 2 is 2.46 bits per heavy atom. The van der Waals surface area contributed by atoms with Crippen LogP contribution in [0.4, 0.5) is 0 Å². The van der Waals surface area contributed by atoms with Crippen LogP contribution >= 0.6 is 27.5 Å². The average molecular weight is 268 g/mol. The van der Waals surface area contributed by atoms with Gasteiger partial charge < -0.3 is 5.11 Å². The fraction of sp³-hybridized carbons (Fsp3) is 0.429. The highest BCUT2D eigenvalue weighted by atomic mass is 79.9. The van der Waals surface area contributed by atoms with Crippen molar-refractivity contribution < 1.29 is 5.11 Å². The number of nitrogens with zero attached hydrogens (tertiary/aromatic N) is 2. The lowest BCUT2D eigenvalue weighted by atomic mass is 10.4. The molecule has 1 rings (SSSR count). The minimum absolute atomic E-state index is 0.131. The fourth-order valence-electron chi connectivity index (χ4n) is 0.859. The lowest BCUT2D eigenvalue weighted by molar-refractivity contribution is 0.171. The molecular formula is C7H8BrClN2O2. The molecule has 0 saturated heterocycles. The second-order valence-corrected chi connectivity index (χ2v) is 3.81. The molecular weight excluding hydrogens is 259 g/mol. The van der Waals surface area contributed by atoms with Gasteiger partial charge in [-0.25, -0.2) is 4.98 Å². The van der Waals surface area contributed by atoms with Crippen LogP contribution in [0.25, 0.3) is 0 Å². The highest BCUT2D eigenvalue weighted by molar-refractivity contribution is 9.10. The maximum atomic E-state index is 11.4. The van der Waals surface area contributed by atoms with E-state index in [4.69, 9.17) is 16.7 Å². The van der Waals surface area contributed by atoms with Crippen LogP contribution < -0.4 is 5.56 Å². The smallest absolute Gasteiger partial charge is 0.269 e. The number of hydrogen-bond donors (Lipinski definition) is 1. The summed E-state index contributed by atoms with van der Waals surface area (Å²) in [6.07, 6.45) is 0.717. The van der Waals surface area contributed by atoms with Gasteiger partial charge in [0.1, 0.15) is 4.47 Å². The van der Waals surface area contributed by atoms with Crippen molar-refractivity contribution in [1.29, 1.82) is 0 Å².